The lowest BCUT2D eigenvalue weighted by atomic mass is 10.3. The molecule has 3 N–H and O–H groups in total. The fourth-order valence-corrected chi connectivity index (χ4v) is 2.86. The van der Waals surface area contributed by atoms with Crippen LogP contribution >= 0.6 is 0 Å². The Balaban J connectivity index is 2.17. The van der Waals surface area contributed by atoms with Crippen LogP contribution in [-0.2, 0) is 10.0 Å². The van der Waals surface area contributed by atoms with Crippen molar-refractivity contribution in [1.82, 2.24) is 14.6 Å². The third kappa shape index (κ3) is 3.10. The smallest absolute Gasteiger partial charge is 0.259 e. The Morgan fingerprint density at radius 2 is 1.96 bits per heavy atom. The number of nitrogens with two attached hydrogens (primary N) is 1. The number of anilines is 2. The minimum Gasteiger partial charge on any atom is -0.477 e. The number of imidazole rings is 1. The van der Waals surface area contributed by atoms with Crippen molar-refractivity contribution in [2.75, 3.05) is 11.9 Å². The summed E-state index contributed by atoms with van der Waals surface area (Å²) in [5, 5.41) is 12.2. The molecule has 2 heterocycles. The number of para-hydroxylation sites is 1. The standard InChI is InChI=1S/C14H15N5O3S/c1-2-22-12-9-8-11-17-13(16-10-6-4-3-5-7-10)14(19(11)18-12)23(15,20)21/h3-9,16H,2H2,1H3,(H2,15,20,21). The highest BCUT2D eigenvalue weighted by Gasteiger charge is 2.23. The zero-order valence-corrected chi connectivity index (χ0v) is 13.1. The van der Waals surface area contributed by atoms with Gasteiger partial charge in [0.05, 0.1) is 6.61 Å². The number of primary sulfonamides is 1. The van der Waals surface area contributed by atoms with Gasteiger partial charge in [0.2, 0.25) is 10.9 Å². The van der Waals surface area contributed by atoms with E-state index in [2.05, 4.69) is 15.4 Å². The second-order valence-corrected chi connectivity index (χ2v) is 6.15. The Labute approximate surface area is 133 Å². The molecule has 23 heavy (non-hydrogen) atoms. The molecule has 1 aromatic carbocycles. The Bertz CT molecular complexity index is 938. The minimum absolute atomic E-state index is 0.111. The van der Waals surface area contributed by atoms with Crippen molar-refractivity contribution in [2.24, 2.45) is 5.14 Å². The Morgan fingerprint density at radius 1 is 1.22 bits per heavy atom. The SMILES string of the molecule is CCOc1ccc2nc(Nc3ccccc3)c(S(N)(=O)=O)n2n1. The molecular weight excluding hydrogens is 318 g/mol. The third-order valence-corrected chi connectivity index (χ3v) is 3.92. The van der Waals surface area contributed by atoms with Crippen LogP contribution in [0.2, 0.25) is 0 Å². The number of hydrogen-bond donors (Lipinski definition) is 2. The quantitative estimate of drug-likeness (QED) is 0.732. The molecule has 0 bridgehead atoms. The maximum Gasteiger partial charge on any atom is 0.259 e. The number of ether oxygens (including phenoxy) is 1. The predicted molar refractivity (Wildman–Crippen MR) is 85.3 cm³/mol. The summed E-state index contributed by atoms with van der Waals surface area (Å²) in [7, 11) is -4.05. The van der Waals surface area contributed by atoms with Gasteiger partial charge in [-0.3, -0.25) is 0 Å². The largest absolute Gasteiger partial charge is 0.477 e. The molecule has 8 nitrogen and oxygen atoms in total. The van der Waals surface area contributed by atoms with E-state index < -0.39 is 10.0 Å². The van der Waals surface area contributed by atoms with E-state index in [0.29, 0.717) is 17.9 Å². The molecule has 0 unspecified atom stereocenters. The maximum atomic E-state index is 12.0. The Kier molecular flexibility index (Phi) is 3.89. The van der Waals surface area contributed by atoms with Gasteiger partial charge in [-0.05, 0) is 25.1 Å². The predicted octanol–water partition coefficient (Wildman–Crippen LogP) is 1.52. The molecule has 0 spiro atoms. The van der Waals surface area contributed by atoms with Crippen LogP contribution < -0.4 is 15.2 Å². The normalized spacial score (nSPS) is 11.6. The molecule has 0 saturated carbocycles. The fraction of sp³-hybridized carbons (Fsp3) is 0.143. The molecule has 3 rings (SSSR count). The zero-order chi connectivity index (χ0) is 16.4. The van der Waals surface area contributed by atoms with Crippen LogP contribution in [0.15, 0.2) is 47.5 Å². The average molecular weight is 333 g/mol. The van der Waals surface area contributed by atoms with Gasteiger partial charge in [-0.15, -0.1) is 5.10 Å². The van der Waals surface area contributed by atoms with Crippen LogP contribution in [0.5, 0.6) is 5.88 Å². The first-order valence-electron chi connectivity index (χ1n) is 6.86. The number of rotatable bonds is 5. The molecule has 0 saturated heterocycles. The van der Waals surface area contributed by atoms with Gasteiger partial charge in [0.25, 0.3) is 10.0 Å². The van der Waals surface area contributed by atoms with Crippen LogP contribution in [0, 0.1) is 0 Å². The molecule has 0 atom stereocenters. The van der Waals surface area contributed by atoms with Crippen molar-refractivity contribution < 1.29 is 13.2 Å². The topological polar surface area (TPSA) is 112 Å². The molecule has 0 aliphatic heterocycles. The van der Waals surface area contributed by atoms with Crippen molar-refractivity contribution in [3.63, 3.8) is 0 Å². The molecule has 0 radical (unpaired) electrons. The van der Waals surface area contributed by atoms with Gasteiger partial charge >= 0.3 is 0 Å². The number of benzene rings is 1. The number of nitrogens with zero attached hydrogens (tertiary/aromatic N) is 3. The van der Waals surface area contributed by atoms with E-state index in [9.17, 15) is 8.42 Å². The van der Waals surface area contributed by atoms with Gasteiger partial charge in [-0.2, -0.15) is 4.52 Å². The molecule has 2 aromatic heterocycles. The van der Waals surface area contributed by atoms with Gasteiger partial charge in [-0.1, -0.05) is 18.2 Å². The Morgan fingerprint density at radius 3 is 2.61 bits per heavy atom. The van der Waals surface area contributed by atoms with E-state index in [1.54, 1.807) is 24.3 Å². The van der Waals surface area contributed by atoms with Gasteiger partial charge in [0.15, 0.2) is 11.5 Å². The lowest BCUT2D eigenvalue weighted by Crippen LogP contribution is -2.17. The van der Waals surface area contributed by atoms with Gasteiger partial charge < -0.3 is 10.1 Å². The first kappa shape index (κ1) is 15.3. The summed E-state index contributed by atoms with van der Waals surface area (Å²) in [5.41, 5.74) is 1.03. The van der Waals surface area contributed by atoms with Gasteiger partial charge in [0, 0.05) is 11.8 Å². The lowest BCUT2D eigenvalue weighted by molar-refractivity contribution is 0.320. The van der Waals surface area contributed by atoms with Crippen LogP contribution in [0.25, 0.3) is 5.65 Å². The summed E-state index contributed by atoms with van der Waals surface area (Å²) in [4.78, 5) is 4.25. The van der Waals surface area contributed by atoms with Crippen molar-refractivity contribution in [1.29, 1.82) is 0 Å². The van der Waals surface area contributed by atoms with Crippen molar-refractivity contribution in [3.8, 4) is 5.88 Å². The number of fused-ring (bicyclic) bond motifs is 1. The van der Waals surface area contributed by atoms with E-state index >= 15 is 0 Å². The summed E-state index contributed by atoms with van der Waals surface area (Å²) in [5.74, 6) is 0.397. The monoisotopic (exact) mass is 333 g/mol. The number of aromatic nitrogens is 3. The molecule has 3 aromatic rings. The fourth-order valence-electron chi connectivity index (χ4n) is 2.12. The molecule has 0 amide bonds. The summed E-state index contributed by atoms with van der Waals surface area (Å²) in [6, 6.07) is 12.3. The Hall–Kier alpha value is -2.65. The highest BCUT2D eigenvalue weighted by molar-refractivity contribution is 7.89. The van der Waals surface area contributed by atoms with Crippen molar-refractivity contribution >= 4 is 27.2 Å². The molecule has 0 aliphatic carbocycles. The minimum atomic E-state index is -4.05. The maximum absolute atomic E-state index is 12.0. The lowest BCUT2D eigenvalue weighted by Gasteiger charge is -2.06. The van der Waals surface area contributed by atoms with Gasteiger partial charge in [0.1, 0.15) is 0 Å². The molecule has 9 heteroatoms. The number of hydrogen-bond acceptors (Lipinski definition) is 6. The van der Waals surface area contributed by atoms with Crippen LogP contribution in [0.1, 0.15) is 6.92 Å². The van der Waals surface area contributed by atoms with Crippen molar-refractivity contribution in [2.45, 2.75) is 11.9 Å². The molecular formula is C14H15N5O3S. The summed E-state index contributed by atoms with van der Waals surface area (Å²) in [6.45, 7) is 2.22. The van der Waals surface area contributed by atoms with E-state index in [1.807, 2.05) is 25.1 Å². The average Bonchev–Trinajstić information content (AvgIpc) is 2.85. The summed E-state index contributed by atoms with van der Waals surface area (Å²) < 4.78 is 30.4. The summed E-state index contributed by atoms with van der Waals surface area (Å²) >= 11 is 0. The van der Waals surface area contributed by atoms with Crippen molar-refractivity contribution in [3.05, 3.63) is 42.5 Å². The van der Waals surface area contributed by atoms with E-state index in [-0.39, 0.29) is 16.7 Å². The van der Waals surface area contributed by atoms with E-state index in [4.69, 9.17) is 9.88 Å². The van der Waals surface area contributed by atoms with Crippen LogP contribution in [0.4, 0.5) is 11.5 Å². The summed E-state index contributed by atoms with van der Waals surface area (Å²) in [6.07, 6.45) is 0. The molecule has 120 valence electrons. The molecule has 0 fully saturated rings. The third-order valence-electron chi connectivity index (χ3n) is 3.01. The number of nitrogens with one attached hydrogen (secondary N) is 1. The second kappa shape index (κ2) is 5.86. The highest BCUT2D eigenvalue weighted by atomic mass is 32.2. The first-order chi connectivity index (χ1) is 11.0. The van der Waals surface area contributed by atoms with Crippen LogP contribution in [0.3, 0.4) is 0 Å². The van der Waals surface area contributed by atoms with Crippen LogP contribution in [-0.4, -0.2) is 29.6 Å². The molecule has 0 aliphatic rings. The second-order valence-electron chi connectivity index (χ2n) is 4.68. The zero-order valence-electron chi connectivity index (χ0n) is 12.3. The van der Waals surface area contributed by atoms with Gasteiger partial charge in [-0.25, -0.2) is 18.5 Å². The van der Waals surface area contributed by atoms with E-state index in [1.165, 1.54) is 0 Å². The number of sulfonamides is 1. The first-order valence-corrected chi connectivity index (χ1v) is 8.41. The highest BCUT2D eigenvalue weighted by Crippen LogP contribution is 2.25. The van der Waals surface area contributed by atoms with E-state index in [0.717, 1.165) is 4.52 Å².